The van der Waals surface area contributed by atoms with Crippen LogP contribution < -0.4 is 9.64 Å². The molecule has 4 saturated carbocycles. The predicted octanol–water partition coefficient (Wildman–Crippen LogP) is 9.69. The fourth-order valence-corrected chi connectivity index (χ4v) is 10.1. The summed E-state index contributed by atoms with van der Waals surface area (Å²) in [5, 5.41) is 0. The second kappa shape index (κ2) is 13.4. The van der Waals surface area contributed by atoms with Gasteiger partial charge in [-0.15, -0.1) is 0 Å². The number of ether oxygens (including phenoxy) is 1. The molecule has 2 aromatic rings. The quantitative estimate of drug-likeness (QED) is 0.213. The Balaban J connectivity index is 0.000000205. The zero-order chi connectivity index (χ0) is 29.3. The van der Waals surface area contributed by atoms with Crippen LogP contribution in [0.25, 0.3) is 0 Å². The molecule has 0 N–H and O–H groups in total. The van der Waals surface area contributed by atoms with Crippen molar-refractivity contribution in [3.8, 4) is 5.75 Å². The average molecular weight is 686 g/mol. The average Bonchev–Trinajstić information content (AvgIpc) is 3.39. The molecular weight excluding hydrogens is 636 g/mol. The summed E-state index contributed by atoms with van der Waals surface area (Å²) in [6.07, 6.45) is 9.15. The van der Waals surface area contributed by atoms with Crippen molar-refractivity contribution < 1.29 is 18.3 Å². The van der Waals surface area contributed by atoms with Crippen molar-refractivity contribution in [2.24, 2.45) is 17.8 Å². The molecule has 1 saturated heterocycles. The monoisotopic (exact) mass is 685 g/mol. The summed E-state index contributed by atoms with van der Waals surface area (Å²) in [4.78, 5) is 5.42. The molecule has 41 heavy (non-hydrogen) atoms. The summed E-state index contributed by atoms with van der Waals surface area (Å²) < 4.78 is 7.51. The molecular formula is C35H49Cl2N2ORu-. The molecule has 0 spiro atoms. The second-order valence-corrected chi connectivity index (χ2v) is 19.5. The normalized spacial score (nSPS) is 27.4. The Morgan fingerprint density at radius 1 is 0.829 bits per heavy atom. The van der Waals surface area contributed by atoms with E-state index in [0.717, 1.165) is 35.6 Å². The Labute approximate surface area is 262 Å². The first-order valence-corrected chi connectivity index (χ1v) is 21.1. The van der Waals surface area contributed by atoms with Crippen molar-refractivity contribution in [1.29, 1.82) is 0 Å². The number of halogens is 2. The van der Waals surface area contributed by atoms with E-state index in [9.17, 15) is 0 Å². The van der Waals surface area contributed by atoms with E-state index in [4.69, 9.17) is 24.1 Å². The third-order valence-corrected chi connectivity index (χ3v) is 11.4. The van der Waals surface area contributed by atoms with E-state index in [1.807, 2.05) is 42.7 Å². The maximum atomic E-state index is 5.82. The maximum Gasteiger partial charge on any atom is 0.0152 e. The topological polar surface area (TPSA) is 15.7 Å². The van der Waals surface area contributed by atoms with Crippen LogP contribution >= 0.6 is 19.4 Å². The van der Waals surface area contributed by atoms with Gasteiger partial charge in [-0.05, 0) is 91.3 Å². The van der Waals surface area contributed by atoms with E-state index in [0.29, 0.717) is 17.4 Å². The number of rotatable bonds is 7. The molecule has 6 heteroatoms. The van der Waals surface area contributed by atoms with Crippen LogP contribution in [0.1, 0.15) is 109 Å². The SMILES string of the molecule is CC(C)Oc1ccccc1[CH]=[Ru]([Cl])[Cl].CC(C)c1cccc(C(C)C)c1N1[CH-]N(C23CC4CC(CC(C4)C2)C3)CC1. The molecule has 1 heterocycles. The van der Waals surface area contributed by atoms with Crippen LogP contribution in [0.5, 0.6) is 5.75 Å². The van der Waals surface area contributed by atoms with Gasteiger partial charge in [-0.1, -0.05) is 45.9 Å². The Hall–Kier alpha value is -0.927. The summed E-state index contributed by atoms with van der Waals surface area (Å²) in [5.74, 6) is 5.05. The first-order chi connectivity index (χ1) is 19.5. The van der Waals surface area contributed by atoms with Gasteiger partial charge in [0.25, 0.3) is 0 Å². The predicted molar refractivity (Wildman–Crippen MR) is 173 cm³/mol. The molecule has 0 radical (unpaired) electrons. The second-order valence-electron chi connectivity index (χ2n) is 13.7. The van der Waals surface area contributed by atoms with E-state index < -0.39 is 13.5 Å². The smallest absolute Gasteiger partial charge is 0.0152 e. The third-order valence-electron chi connectivity index (χ3n) is 9.57. The zero-order valence-corrected chi connectivity index (χ0v) is 29.0. The largest absolute Gasteiger partial charge is 0.507 e. The summed E-state index contributed by atoms with van der Waals surface area (Å²) in [6, 6.07) is 14.8. The van der Waals surface area contributed by atoms with Gasteiger partial charge in [-0.25, -0.2) is 0 Å². The van der Waals surface area contributed by atoms with Crippen molar-refractivity contribution in [3.63, 3.8) is 0 Å². The molecule has 5 aliphatic rings. The van der Waals surface area contributed by atoms with Gasteiger partial charge in [0.05, 0.1) is 0 Å². The summed E-state index contributed by atoms with van der Waals surface area (Å²) in [5.41, 5.74) is 6.03. The summed E-state index contributed by atoms with van der Waals surface area (Å²) in [6.45, 7) is 18.3. The van der Waals surface area contributed by atoms with Crippen molar-refractivity contribution in [3.05, 3.63) is 65.8 Å². The van der Waals surface area contributed by atoms with Crippen LogP contribution in [-0.4, -0.2) is 34.2 Å². The summed E-state index contributed by atoms with van der Waals surface area (Å²) in [7, 11) is 11.6. The zero-order valence-electron chi connectivity index (χ0n) is 25.7. The van der Waals surface area contributed by atoms with E-state index in [2.05, 4.69) is 62.4 Å². The number of hydrogen-bond donors (Lipinski definition) is 0. The molecule has 5 fully saturated rings. The number of benzene rings is 2. The minimum absolute atomic E-state index is 0.163. The molecule has 4 aliphatic carbocycles. The van der Waals surface area contributed by atoms with Crippen molar-refractivity contribution in [2.45, 2.75) is 104 Å². The summed E-state index contributed by atoms with van der Waals surface area (Å²) >= 11 is -1.77. The van der Waals surface area contributed by atoms with Gasteiger partial charge >= 0.3 is 97.8 Å². The molecule has 4 bridgehead atoms. The number of para-hydroxylation sites is 2. The first-order valence-electron chi connectivity index (χ1n) is 15.6. The molecule has 7 rings (SSSR count). The molecule has 3 nitrogen and oxygen atoms in total. The van der Waals surface area contributed by atoms with Gasteiger partial charge < -0.3 is 9.80 Å². The minimum Gasteiger partial charge on any atom is -0.507 e. The Kier molecular flexibility index (Phi) is 10.3. The van der Waals surface area contributed by atoms with Gasteiger partial charge in [-0.2, -0.15) is 6.67 Å². The van der Waals surface area contributed by atoms with Crippen LogP contribution in [0, 0.1) is 24.4 Å². The Bertz CT molecular complexity index is 1160. The van der Waals surface area contributed by atoms with Crippen LogP contribution in [0.2, 0.25) is 0 Å². The standard InChI is InChI=1S/C25H37N2.C10H12O.2ClH.Ru/c1-17(2)22-6-5-7-23(18(3)4)24(22)26-8-9-27(16-26)25-13-19-10-20(14-25)12-21(11-19)15-25;1-8(2)11-10-7-5-4-6-9(10)3;;;/h5-7,16-21H,8-15H2,1-4H3;3-8H,1-2H3;2*1H;/q-1;;;;+2/p-2. The molecule has 0 aromatic heterocycles. The van der Waals surface area contributed by atoms with Gasteiger partial charge in [0.15, 0.2) is 0 Å². The van der Waals surface area contributed by atoms with Crippen molar-refractivity contribution in [2.75, 3.05) is 18.0 Å². The van der Waals surface area contributed by atoms with Crippen LogP contribution in [0.3, 0.4) is 0 Å². The van der Waals surface area contributed by atoms with E-state index in [1.165, 1.54) is 61.9 Å². The number of nitrogens with zero attached hydrogens (tertiary/aromatic N) is 2. The van der Waals surface area contributed by atoms with Crippen LogP contribution in [0.15, 0.2) is 42.5 Å². The van der Waals surface area contributed by atoms with Gasteiger partial charge in [0.2, 0.25) is 0 Å². The minimum atomic E-state index is -1.77. The Morgan fingerprint density at radius 2 is 1.39 bits per heavy atom. The van der Waals surface area contributed by atoms with Crippen LogP contribution in [-0.2, 0) is 13.5 Å². The fraction of sp³-hybridized carbons (Fsp3) is 0.600. The number of hydrogen-bond acceptors (Lipinski definition) is 3. The van der Waals surface area contributed by atoms with E-state index in [1.54, 1.807) is 0 Å². The maximum absolute atomic E-state index is 5.82. The van der Waals surface area contributed by atoms with Crippen LogP contribution in [0.4, 0.5) is 5.69 Å². The first kappa shape index (κ1) is 31.5. The Morgan fingerprint density at radius 3 is 1.90 bits per heavy atom. The van der Waals surface area contributed by atoms with Gasteiger partial charge in [0, 0.05) is 12.2 Å². The molecule has 228 valence electrons. The fourth-order valence-electron chi connectivity index (χ4n) is 8.30. The third kappa shape index (κ3) is 7.25. The van der Waals surface area contributed by atoms with Crippen molar-refractivity contribution >= 4 is 29.7 Å². The van der Waals surface area contributed by atoms with E-state index >= 15 is 0 Å². The molecule has 1 aliphatic heterocycles. The molecule has 0 atom stereocenters. The molecule has 0 amide bonds. The molecule has 0 unspecified atom stereocenters. The van der Waals surface area contributed by atoms with Gasteiger partial charge in [0.1, 0.15) is 0 Å². The van der Waals surface area contributed by atoms with Crippen molar-refractivity contribution in [1.82, 2.24) is 4.90 Å². The van der Waals surface area contributed by atoms with Gasteiger partial charge in [-0.3, -0.25) is 0 Å². The number of anilines is 1. The van der Waals surface area contributed by atoms with E-state index in [-0.39, 0.29) is 6.10 Å². The molecule has 2 aromatic carbocycles.